The molecule has 2 aliphatic rings. The molecule has 0 spiro atoms. The van der Waals surface area contributed by atoms with Crippen molar-refractivity contribution in [2.75, 3.05) is 39.8 Å². The van der Waals surface area contributed by atoms with Gasteiger partial charge in [-0.15, -0.1) is 0 Å². The summed E-state index contributed by atoms with van der Waals surface area (Å²) < 4.78 is 0. The van der Waals surface area contributed by atoms with Gasteiger partial charge in [0.2, 0.25) is 11.5 Å². The minimum absolute atomic E-state index is 0.0558. The molecule has 0 saturated carbocycles. The van der Waals surface area contributed by atoms with Crippen molar-refractivity contribution in [3.8, 4) is 0 Å². The summed E-state index contributed by atoms with van der Waals surface area (Å²) in [6, 6.07) is 4.25. The predicted octanol–water partition coefficient (Wildman–Crippen LogP) is -1.03. The molecule has 2 amide bonds. The number of nitrogens with one attached hydrogen (secondary N) is 1. The van der Waals surface area contributed by atoms with Gasteiger partial charge in [0, 0.05) is 45.8 Å². The molecule has 0 bridgehead atoms. The van der Waals surface area contributed by atoms with Crippen molar-refractivity contribution in [3.63, 3.8) is 0 Å². The number of rotatable bonds is 1. The fourth-order valence-corrected chi connectivity index (χ4v) is 2.89. The Balaban J connectivity index is 1.77. The molecule has 112 valence electrons. The van der Waals surface area contributed by atoms with Gasteiger partial charge >= 0.3 is 0 Å². The molecule has 0 aromatic carbocycles. The summed E-state index contributed by atoms with van der Waals surface area (Å²) in [5.74, 6) is -0.173. The van der Waals surface area contributed by atoms with Crippen molar-refractivity contribution in [1.82, 2.24) is 19.7 Å². The minimum Gasteiger partial charge on any atom is -0.343 e. The molecule has 21 heavy (non-hydrogen) atoms. The molecule has 1 aromatic heterocycles. The van der Waals surface area contributed by atoms with Gasteiger partial charge in [-0.3, -0.25) is 19.3 Å². The lowest BCUT2D eigenvalue weighted by molar-refractivity contribution is -0.142. The van der Waals surface area contributed by atoms with E-state index >= 15 is 0 Å². The first-order valence-electron chi connectivity index (χ1n) is 7.04. The van der Waals surface area contributed by atoms with Gasteiger partial charge in [-0.1, -0.05) is 6.07 Å². The number of aromatic amines is 1. The van der Waals surface area contributed by atoms with Gasteiger partial charge in [0.05, 0.1) is 0 Å². The smallest absolute Gasteiger partial charge is 0.270 e. The Bertz CT molecular complexity index is 627. The zero-order valence-corrected chi connectivity index (χ0v) is 11.9. The number of hydrogen-bond acceptors (Lipinski definition) is 4. The van der Waals surface area contributed by atoms with E-state index in [0.29, 0.717) is 19.6 Å². The van der Waals surface area contributed by atoms with Crippen LogP contribution in [0.2, 0.25) is 0 Å². The Morgan fingerprint density at radius 2 is 1.95 bits per heavy atom. The Labute approximate surface area is 122 Å². The minimum atomic E-state index is -0.298. The topological polar surface area (TPSA) is 76.7 Å². The SMILES string of the molecule is CN1CCN2CCN(C(=O)c3cccc(=O)[nH]3)C[C@@H]2C1=O. The number of fused-ring (bicyclic) bond motifs is 1. The van der Waals surface area contributed by atoms with Gasteiger partial charge in [-0.05, 0) is 6.07 Å². The number of aromatic nitrogens is 1. The van der Waals surface area contributed by atoms with E-state index < -0.39 is 0 Å². The fraction of sp³-hybridized carbons (Fsp3) is 0.500. The van der Waals surface area contributed by atoms with Crippen LogP contribution in [0.15, 0.2) is 23.0 Å². The lowest BCUT2D eigenvalue weighted by atomic mass is 10.1. The van der Waals surface area contributed by atoms with E-state index in [1.807, 2.05) is 0 Å². The molecule has 3 heterocycles. The van der Waals surface area contributed by atoms with Crippen LogP contribution in [0.4, 0.5) is 0 Å². The largest absolute Gasteiger partial charge is 0.343 e. The van der Waals surface area contributed by atoms with Crippen LogP contribution in [0.3, 0.4) is 0 Å². The zero-order valence-electron chi connectivity index (χ0n) is 11.9. The number of amides is 2. The quantitative estimate of drug-likeness (QED) is 0.718. The van der Waals surface area contributed by atoms with Crippen LogP contribution in [-0.2, 0) is 4.79 Å². The highest BCUT2D eigenvalue weighted by Crippen LogP contribution is 2.17. The van der Waals surface area contributed by atoms with Gasteiger partial charge < -0.3 is 14.8 Å². The first-order valence-corrected chi connectivity index (χ1v) is 7.04. The highest BCUT2D eigenvalue weighted by molar-refractivity contribution is 5.93. The van der Waals surface area contributed by atoms with E-state index in [4.69, 9.17) is 0 Å². The van der Waals surface area contributed by atoms with Crippen molar-refractivity contribution >= 4 is 11.8 Å². The molecule has 3 rings (SSSR count). The Morgan fingerprint density at radius 1 is 1.19 bits per heavy atom. The highest BCUT2D eigenvalue weighted by Gasteiger charge is 2.38. The summed E-state index contributed by atoms with van der Waals surface area (Å²) in [6.45, 7) is 3.21. The second-order valence-corrected chi connectivity index (χ2v) is 5.49. The van der Waals surface area contributed by atoms with E-state index in [-0.39, 0.29) is 29.1 Å². The van der Waals surface area contributed by atoms with Gasteiger partial charge in [0.1, 0.15) is 11.7 Å². The Kier molecular flexibility index (Phi) is 3.50. The molecule has 0 radical (unpaired) electrons. The van der Waals surface area contributed by atoms with Gasteiger partial charge in [0.15, 0.2) is 0 Å². The van der Waals surface area contributed by atoms with Crippen LogP contribution in [0.1, 0.15) is 10.5 Å². The van der Waals surface area contributed by atoms with E-state index in [9.17, 15) is 14.4 Å². The van der Waals surface area contributed by atoms with Crippen molar-refractivity contribution in [2.24, 2.45) is 0 Å². The summed E-state index contributed by atoms with van der Waals surface area (Å²) in [5.41, 5.74) is -0.0273. The van der Waals surface area contributed by atoms with Gasteiger partial charge in [-0.25, -0.2) is 0 Å². The first kappa shape index (κ1) is 13.8. The standard InChI is InChI=1S/C14H18N4O3/c1-16-5-6-17-7-8-18(9-11(17)14(16)21)13(20)10-3-2-4-12(19)15-10/h2-4,11H,5-9H2,1H3,(H,15,19)/t11-/m1/s1. The molecule has 7 nitrogen and oxygen atoms in total. The average Bonchev–Trinajstić information content (AvgIpc) is 2.50. The second-order valence-electron chi connectivity index (χ2n) is 5.49. The highest BCUT2D eigenvalue weighted by atomic mass is 16.2. The predicted molar refractivity (Wildman–Crippen MR) is 76.0 cm³/mol. The third-order valence-corrected chi connectivity index (χ3v) is 4.16. The summed E-state index contributed by atoms with van der Waals surface area (Å²) in [6.07, 6.45) is 0. The number of piperazine rings is 2. The van der Waals surface area contributed by atoms with Crippen LogP contribution < -0.4 is 5.56 Å². The number of nitrogens with zero attached hydrogens (tertiary/aromatic N) is 3. The number of pyridine rings is 1. The molecule has 2 saturated heterocycles. The number of carbonyl (C=O) groups excluding carboxylic acids is 2. The molecular weight excluding hydrogens is 272 g/mol. The lowest BCUT2D eigenvalue weighted by Crippen LogP contribution is -2.64. The second kappa shape index (κ2) is 5.33. The first-order chi connectivity index (χ1) is 10.1. The van der Waals surface area contributed by atoms with E-state index in [0.717, 1.165) is 13.1 Å². The number of H-pyrrole nitrogens is 1. The normalized spacial score (nSPS) is 23.1. The Hall–Kier alpha value is -2.15. The molecule has 1 aromatic rings. The van der Waals surface area contributed by atoms with Crippen LogP contribution >= 0.6 is 0 Å². The maximum atomic E-state index is 12.4. The summed E-state index contributed by atoms with van der Waals surface area (Å²) in [4.78, 5) is 44.0. The van der Waals surface area contributed by atoms with Crippen molar-refractivity contribution in [3.05, 3.63) is 34.2 Å². The van der Waals surface area contributed by atoms with Crippen molar-refractivity contribution in [2.45, 2.75) is 6.04 Å². The lowest BCUT2D eigenvalue weighted by Gasteiger charge is -2.45. The molecule has 1 N–H and O–H groups in total. The van der Waals surface area contributed by atoms with Crippen molar-refractivity contribution in [1.29, 1.82) is 0 Å². The third kappa shape index (κ3) is 2.56. The summed E-state index contributed by atoms with van der Waals surface area (Å²) in [5, 5.41) is 0. The van der Waals surface area contributed by atoms with Crippen LogP contribution in [0.25, 0.3) is 0 Å². The molecule has 7 heteroatoms. The Morgan fingerprint density at radius 3 is 2.71 bits per heavy atom. The monoisotopic (exact) mass is 290 g/mol. The molecule has 0 unspecified atom stereocenters. The van der Waals surface area contributed by atoms with Crippen LogP contribution in [0, 0.1) is 0 Å². The molecule has 2 aliphatic heterocycles. The molecule has 0 aliphatic carbocycles. The van der Waals surface area contributed by atoms with Crippen LogP contribution in [0.5, 0.6) is 0 Å². The van der Waals surface area contributed by atoms with E-state index in [1.54, 1.807) is 29.0 Å². The molecule has 1 atom stereocenters. The van der Waals surface area contributed by atoms with Crippen LogP contribution in [-0.4, -0.2) is 77.3 Å². The maximum Gasteiger partial charge on any atom is 0.270 e. The number of likely N-dealkylation sites (N-methyl/N-ethyl adjacent to an activating group) is 1. The third-order valence-electron chi connectivity index (χ3n) is 4.16. The summed E-state index contributed by atoms with van der Waals surface area (Å²) in [7, 11) is 1.79. The number of hydrogen-bond donors (Lipinski definition) is 1. The molecular formula is C14H18N4O3. The van der Waals surface area contributed by atoms with E-state index in [2.05, 4.69) is 9.88 Å². The molecule has 2 fully saturated rings. The van der Waals surface area contributed by atoms with Gasteiger partial charge in [0.25, 0.3) is 5.91 Å². The number of carbonyl (C=O) groups is 2. The fourth-order valence-electron chi connectivity index (χ4n) is 2.89. The average molecular weight is 290 g/mol. The maximum absolute atomic E-state index is 12.4. The van der Waals surface area contributed by atoms with Gasteiger partial charge in [-0.2, -0.15) is 0 Å². The summed E-state index contributed by atoms with van der Waals surface area (Å²) >= 11 is 0. The zero-order chi connectivity index (χ0) is 15.0. The van der Waals surface area contributed by atoms with Crippen molar-refractivity contribution < 1.29 is 9.59 Å². The van der Waals surface area contributed by atoms with E-state index in [1.165, 1.54) is 6.07 Å².